The van der Waals surface area contributed by atoms with Crippen LogP contribution in [0.25, 0.3) is 0 Å². The zero-order chi connectivity index (χ0) is 26.5. The summed E-state index contributed by atoms with van der Waals surface area (Å²) in [6.07, 6.45) is 11.9. The number of benzene rings is 1. The summed E-state index contributed by atoms with van der Waals surface area (Å²) >= 11 is 0. The molecule has 0 radical (unpaired) electrons. The largest absolute Gasteiger partial charge is 0.366 e. The van der Waals surface area contributed by atoms with Crippen molar-refractivity contribution in [1.82, 2.24) is 20.0 Å². The molecule has 1 aromatic carbocycles. The van der Waals surface area contributed by atoms with E-state index in [4.69, 9.17) is 4.98 Å². The van der Waals surface area contributed by atoms with Gasteiger partial charge < -0.3 is 16.0 Å². The predicted molar refractivity (Wildman–Crippen MR) is 147 cm³/mol. The van der Waals surface area contributed by atoms with Crippen molar-refractivity contribution in [2.24, 2.45) is 23.2 Å². The molecule has 1 amide bonds. The Labute approximate surface area is 225 Å². The van der Waals surface area contributed by atoms with Gasteiger partial charge in [0.2, 0.25) is 21.9 Å². The Morgan fingerprint density at radius 1 is 1.13 bits per heavy atom. The molecule has 7 rings (SSSR count). The van der Waals surface area contributed by atoms with Crippen molar-refractivity contribution in [3.63, 3.8) is 0 Å². The summed E-state index contributed by atoms with van der Waals surface area (Å²) in [6, 6.07) is 8.37. The van der Waals surface area contributed by atoms with E-state index in [2.05, 4.69) is 25.7 Å². The summed E-state index contributed by atoms with van der Waals surface area (Å²) in [4.78, 5) is 22.0. The molecule has 1 aromatic heterocycles. The van der Waals surface area contributed by atoms with Crippen molar-refractivity contribution in [3.8, 4) is 0 Å². The fraction of sp³-hybridized carbons (Fsp3) is 0.607. The van der Waals surface area contributed by atoms with E-state index in [1.807, 2.05) is 37.4 Å². The number of aryl methyl sites for hydroxylation is 1. The van der Waals surface area contributed by atoms with Crippen LogP contribution in [0, 0.1) is 30.1 Å². The number of carbonyl (C=O) groups is 1. The van der Waals surface area contributed by atoms with Gasteiger partial charge in [0.25, 0.3) is 0 Å². The van der Waals surface area contributed by atoms with Gasteiger partial charge in [0.1, 0.15) is 5.82 Å². The summed E-state index contributed by atoms with van der Waals surface area (Å²) in [7, 11) is -3.26. The molecule has 9 nitrogen and oxygen atoms in total. The highest BCUT2D eigenvalue weighted by atomic mass is 32.2. The molecular weight excluding hydrogens is 500 g/mol. The standard InChI is InChI=1S/C28H38N6O3S/c1-17-15-29-27(32-23-5-3-4-18(10-23)16-30-38(2,36)37)34-26(17)33-25-20-8-19-9-21(25)13-28(11-19,12-20)14-24(35)31-22-6-7-22/h3-5,10,15,19-22,25,30H,6-9,11-14,16H2,1-2H3,(H,31,35)(H2,29,32,33,34). The van der Waals surface area contributed by atoms with E-state index in [9.17, 15) is 13.2 Å². The van der Waals surface area contributed by atoms with Crippen molar-refractivity contribution in [2.45, 2.75) is 76.9 Å². The minimum absolute atomic E-state index is 0.179. The zero-order valence-corrected chi connectivity index (χ0v) is 23.0. The molecular formula is C28H38N6O3S. The van der Waals surface area contributed by atoms with Crippen molar-refractivity contribution >= 4 is 33.4 Å². The number of anilines is 3. The van der Waals surface area contributed by atoms with Crippen LogP contribution in [0.1, 0.15) is 62.5 Å². The number of hydrogen-bond donors (Lipinski definition) is 4. The average Bonchev–Trinajstić information content (AvgIpc) is 3.65. The SMILES string of the molecule is Cc1cnc(Nc2cccc(CNS(C)(=O)=O)c2)nc1NC1C2CC3CC1CC(CC(=O)NC1CC1)(C3)C2. The highest BCUT2D eigenvalue weighted by Gasteiger charge is 2.56. The first kappa shape index (κ1) is 25.6. The van der Waals surface area contributed by atoms with Crippen LogP contribution >= 0.6 is 0 Å². The number of rotatable bonds is 10. The van der Waals surface area contributed by atoms with Crippen molar-refractivity contribution in [1.29, 1.82) is 0 Å². The molecule has 2 aromatic rings. The van der Waals surface area contributed by atoms with E-state index in [1.165, 1.54) is 19.3 Å². The first-order valence-electron chi connectivity index (χ1n) is 13.8. The number of hydrogen-bond acceptors (Lipinski definition) is 7. The Hall–Kier alpha value is -2.72. The second kappa shape index (κ2) is 9.79. The van der Waals surface area contributed by atoms with Gasteiger partial charge in [-0.05, 0) is 92.7 Å². The number of aromatic nitrogens is 2. The van der Waals surface area contributed by atoms with Gasteiger partial charge in [-0.25, -0.2) is 18.1 Å². The topological polar surface area (TPSA) is 125 Å². The first-order chi connectivity index (χ1) is 18.1. The third-order valence-electron chi connectivity index (χ3n) is 8.87. The van der Waals surface area contributed by atoms with Gasteiger partial charge in [0.05, 0.1) is 6.26 Å². The molecule has 38 heavy (non-hydrogen) atoms. The molecule has 2 atom stereocenters. The van der Waals surface area contributed by atoms with E-state index < -0.39 is 10.0 Å². The summed E-state index contributed by atoms with van der Waals surface area (Å²) in [5.74, 6) is 3.50. The molecule has 5 aliphatic rings. The van der Waals surface area contributed by atoms with Crippen LogP contribution in [0.4, 0.5) is 17.5 Å². The fourth-order valence-corrected chi connectivity index (χ4v) is 7.83. The van der Waals surface area contributed by atoms with Crippen LogP contribution in [0.2, 0.25) is 0 Å². The number of carbonyl (C=O) groups excluding carboxylic acids is 1. The third-order valence-corrected chi connectivity index (χ3v) is 9.54. The van der Waals surface area contributed by atoms with Crippen LogP contribution in [0.3, 0.4) is 0 Å². The van der Waals surface area contributed by atoms with Crippen LogP contribution in [-0.2, 0) is 21.4 Å². The number of nitrogens with one attached hydrogen (secondary N) is 4. The van der Waals surface area contributed by atoms with Crippen molar-refractivity contribution < 1.29 is 13.2 Å². The van der Waals surface area contributed by atoms with E-state index in [1.54, 1.807) is 0 Å². The van der Waals surface area contributed by atoms with Crippen molar-refractivity contribution in [2.75, 3.05) is 16.9 Å². The number of nitrogens with zero attached hydrogens (tertiary/aromatic N) is 2. The minimum atomic E-state index is -3.26. The quantitative estimate of drug-likeness (QED) is 0.362. The Morgan fingerprint density at radius 2 is 1.89 bits per heavy atom. The molecule has 5 saturated carbocycles. The molecule has 10 heteroatoms. The van der Waals surface area contributed by atoms with Crippen LogP contribution in [-0.4, -0.2) is 42.6 Å². The maximum absolute atomic E-state index is 12.7. The van der Waals surface area contributed by atoms with E-state index in [0.717, 1.165) is 60.5 Å². The Balaban J connectivity index is 1.13. The molecule has 4 N–H and O–H groups in total. The Morgan fingerprint density at radius 3 is 2.61 bits per heavy atom. The maximum Gasteiger partial charge on any atom is 0.229 e. The molecule has 204 valence electrons. The third kappa shape index (κ3) is 5.81. The summed E-state index contributed by atoms with van der Waals surface area (Å²) in [5.41, 5.74) is 2.83. The van der Waals surface area contributed by atoms with Gasteiger partial charge in [-0.3, -0.25) is 4.79 Å². The van der Waals surface area contributed by atoms with Gasteiger partial charge >= 0.3 is 0 Å². The molecule has 5 aliphatic carbocycles. The fourth-order valence-electron chi connectivity index (χ4n) is 7.40. The van der Waals surface area contributed by atoms with Gasteiger partial charge in [-0.15, -0.1) is 0 Å². The van der Waals surface area contributed by atoms with Gasteiger partial charge in [-0.1, -0.05) is 12.1 Å². The highest BCUT2D eigenvalue weighted by Crippen LogP contribution is 2.61. The number of sulfonamides is 1. The smallest absolute Gasteiger partial charge is 0.229 e. The Kier molecular flexibility index (Phi) is 6.58. The summed E-state index contributed by atoms with van der Waals surface area (Å²) < 4.78 is 25.4. The van der Waals surface area contributed by atoms with E-state index in [0.29, 0.717) is 36.3 Å². The van der Waals surface area contributed by atoms with Gasteiger partial charge in [0, 0.05) is 42.5 Å². The minimum Gasteiger partial charge on any atom is -0.366 e. The van der Waals surface area contributed by atoms with Crippen LogP contribution < -0.4 is 20.7 Å². The summed E-state index contributed by atoms with van der Waals surface area (Å²) in [6.45, 7) is 2.26. The van der Waals surface area contributed by atoms with E-state index in [-0.39, 0.29) is 17.9 Å². The normalized spacial score (nSPS) is 29.7. The molecule has 4 bridgehead atoms. The zero-order valence-electron chi connectivity index (χ0n) is 22.2. The first-order valence-corrected chi connectivity index (χ1v) is 15.7. The lowest BCUT2D eigenvalue weighted by molar-refractivity contribution is -0.130. The molecule has 0 saturated heterocycles. The lowest BCUT2D eigenvalue weighted by Gasteiger charge is -2.60. The van der Waals surface area contributed by atoms with Crippen molar-refractivity contribution in [3.05, 3.63) is 41.6 Å². The number of amides is 1. The predicted octanol–water partition coefficient (Wildman–Crippen LogP) is 3.85. The van der Waals surface area contributed by atoms with Crippen LogP contribution in [0.5, 0.6) is 0 Å². The highest BCUT2D eigenvalue weighted by molar-refractivity contribution is 7.88. The lowest BCUT2D eigenvalue weighted by atomic mass is 9.47. The molecule has 0 aliphatic heterocycles. The van der Waals surface area contributed by atoms with E-state index >= 15 is 0 Å². The Bertz CT molecular complexity index is 1310. The second-order valence-corrected chi connectivity index (χ2v) is 14.1. The second-order valence-electron chi connectivity index (χ2n) is 12.3. The average molecular weight is 539 g/mol. The maximum atomic E-state index is 12.7. The molecule has 5 fully saturated rings. The summed E-state index contributed by atoms with van der Waals surface area (Å²) in [5, 5.41) is 10.3. The van der Waals surface area contributed by atoms with Gasteiger partial charge in [0.15, 0.2) is 0 Å². The van der Waals surface area contributed by atoms with Gasteiger partial charge in [-0.2, -0.15) is 4.98 Å². The lowest BCUT2D eigenvalue weighted by Crippen LogP contribution is -2.57. The van der Waals surface area contributed by atoms with Crippen LogP contribution in [0.15, 0.2) is 30.5 Å². The molecule has 2 unspecified atom stereocenters. The monoisotopic (exact) mass is 538 g/mol. The molecule has 1 heterocycles. The molecule has 0 spiro atoms.